The molecule has 2 aromatic rings. The molecule has 0 aliphatic carbocycles. The molecule has 0 heterocycles. The van der Waals surface area contributed by atoms with Crippen LogP contribution in [-0.2, 0) is 6.61 Å². The molecule has 0 bridgehead atoms. The van der Waals surface area contributed by atoms with E-state index in [-0.39, 0.29) is 23.6 Å². The normalized spacial score (nSPS) is 10.3. The van der Waals surface area contributed by atoms with Gasteiger partial charge in [-0.25, -0.2) is 8.78 Å². The summed E-state index contributed by atoms with van der Waals surface area (Å²) in [4.78, 5) is 9.91. The van der Waals surface area contributed by atoms with E-state index >= 15 is 0 Å². The summed E-state index contributed by atoms with van der Waals surface area (Å²) in [5.41, 5.74) is -0.130. The number of nitro groups is 1. The van der Waals surface area contributed by atoms with Crippen LogP contribution in [0.2, 0.25) is 0 Å². The summed E-state index contributed by atoms with van der Waals surface area (Å²) in [7, 11) is 0. The van der Waals surface area contributed by atoms with Crippen molar-refractivity contribution in [3.05, 3.63) is 68.2 Å². The standard InChI is InChI=1S/C13H8BrF2NO3/c14-9-1-2-12(16)13(5-9)20-7-8-3-10(15)6-11(4-8)17(18)19/h1-6H,7H2. The summed E-state index contributed by atoms with van der Waals surface area (Å²) < 4.78 is 32.5. The van der Waals surface area contributed by atoms with Crippen molar-refractivity contribution in [2.45, 2.75) is 6.61 Å². The number of nitrogens with zero attached hydrogens (tertiary/aromatic N) is 1. The van der Waals surface area contributed by atoms with Crippen molar-refractivity contribution in [1.82, 2.24) is 0 Å². The molecule has 7 heteroatoms. The van der Waals surface area contributed by atoms with Crippen molar-refractivity contribution in [1.29, 1.82) is 0 Å². The monoisotopic (exact) mass is 343 g/mol. The minimum atomic E-state index is -0.743. The van der Waals surface area contributed by atoms with E-state index in [9.17, 15) is 18.9 Å². The van der Waals surface area contributed by atoms with E-state index in [0.717, 1.165) is 12.1 Å². The highest BCUT2D eigenvalue weighted by molar-refractivity contribution is 9.10. The minimum absolute atomic E-state index is 0.0220. The Hall–Kier alpha value is -2.02. The average Bonchev–Trinajstić information content (AvgIpc) is 2.39. The van der Waals surface area contributed by atoms with Crippen LogP contribution in [0, 0.1) is 21.7 Å². The highest BCUT2D eigenvalue weighted by atomic mass is 79.9. The molecule has 0 saturated heterocycles. The highest BCUT2D eigenvalue weighted by Crippen LogP contribution is 2.24. The Morgan fingerprint density at radius 2 is 1.95 bits per heavy atom. The summed E-state index contributed by atoms with van der Waals surface area (Å²) in [5, 5.41) is 10.6. The molecule has 0 unspecified atom stereocenters. The Morgan fingerprint density at radius 1 is 1.20 bits per heavy atom. The lowest BCUT2D eigenvalue weighted by atomic mass is 10.2. The van der Waals surface area contributed by atoms with E-state index in [0.29, 0.717) is 4.47 Å². The van der Waals surface area contributed by atoms with E-state index in [1.54, 1.807) is 0 Å². The van der Waals surface area contributed by atoms with E-state index in [1.807, 2.05) is 0 Å². The van der Waals surface area contributed by atoms with Crippen LogP contribution < -0.4 is 4.74 Å². The number of benzene rings is 2. The number of nitro benzene ring substituents is 1. The third-order valence-electron chi connectivity index (χ3n) is 2.44. The fourth-order valence-electron chi connectivity index (χ4n) is 1.57. The number of halogens is 3. The fourth-order valence-corrected chi connectivity index (χ4v) is 1.91. The van der Waals surface area contributed by atoms with Crippen LogP contribution >= 0.6 is 15.9 Å². The van der Waals surface area contributed by atoms with Gasteiger partial charge in [0.15, 0.2) is 11.6 Å². The predicted molar refractivity (Wildman–Crippen MR) is 71.5 cm³/mol. The molecule has 0 amide bonds. The maximum Gasteiger partial charge on any atom is 0.272 e. The lowest BCUT2D eigenvalue weighted by Crippen LogP contribution is -1.99. The molecule has 0 saturated carbocycles. The van der Waals surface area contributed by atoms with Crippen molar-refractivity contribution >= 4 is 21.6 Å². The van der Waals surface area contributed by atoms with Gasteiger partial charge in [-0.05, 0) is 29.8 Å². The molecule has 2 rings (SSSR count). The molecule has 0 fully saturated rings. The first-order valence-electron chi connectivity index (χ1n) is 5.47. The van der Waals surface area contributed by atoms with Gasteiger partial charge in [-0.3, -0.25) is 10.1 Å². The SMILES string of the molecule is O=[N+]([O-])c1cc(F)cc(COc2cc(Br)ccc2F)c1. The smallest absolute Gasteiger partial charge is 0.272 e. The van der Waals surface area contributed by atoms with Gasteiger partial charge in [-0.15, -0.1) is 0 Å². The Morgan fingerprint density at radius 3 is 2.65 bits per heavy atom. The van der Waals surface area contributed by atoms with Crippen LogP contribution in [0.3, 0.4) is 0 Å². The molecule has 2 aromatic carbocycles. The van der Waals surface area contributed by atoms with Crippen LogP contribution in [0.1, 0.15) is 5.56 Å². The molecule has 20 heavy (non-hydrogen) atoms. The Bertz CT molecular complexity index is 664. The topological polar surface area (TPSA) is 52.4 Å². The van der Waals surface area contributed by atoms with E-state index < -0.39 is 16.6 Å². The Balaban J connectivity index is 2.18. The van der Waals surface area contributed by atoms with E-state index in [4.69, 9.17) is 4.74 Å². The highest BCUT2D eigenvalue weighted by Gasteiger charge is 2.11. The van der Waals surface area contributed by atoms with Crippen LogP contribution in [0.25, 0.3) is 0 Å². The zero-order chi connectivity index (χ0) is 14.7. The predicted octanol–water partition coefficient (Wildman–Crippen LogP) is 4.21. The van der Waals surface area contributed by atoms with Crippen molar-refractivity contribution in [2.75, 3.05) is 0 Å². The molecule has 0 radical (unpaired) electrons. The first-order chi connectivity index (χ1) is 9.45. The molecule has 0 atom stereocenters. The van der Waals surface area contributed by atoms with Crippen molar-refractivity contribution in [3.63, 3.8) is 0 Å². The molecule has 4 nitrogen and oxygen atoms in total. The van der Waals surface area contributed by atoms with Crippen molar-refractivity contribution < 1.29 is 18.4 Å². The minimum Gasteiger partial charge on any atom is -0.486 e. The van der Waals surface area contributed by atoms with Gasteiger partial charge < -0.3 is 4.74 Å². The largest absolute Gasteiger partial charge is 0.486 e. The number of ether oxygens (including phenoxy) is 1. The first kappa shape index (κ1) is 14.4. The van der Waals surface area contributed by atoms with Crippen molar-refractivity contribution in [2.24, 2.45) is 0 Å². The van der Waals surface area contributed by atoms with E-state index in [2.05, 4.69) is 15.9 Å². The van der Waals surface area contributed by atoms with Crippen LogP contribution in [0.4, 0.5) is 14.5 Å². The van der Waals surface area contributed by atoms with Gasteiger partial charge >= 0.3 is 0 Å². The maximum absolute atomic E-state index is 13.4. The zero-order valence-electron chi connectivity index (χ0n) is 9.98. The van der Waals surface area contributed by atoms with E-state index in [1.165, 1.54) is 24.3 Å². The second kappa shape index (κ2) is 5.96. The third-order valence-corrected chi connectivity index (χ3v) is 2.93. The number of rotatable bonds is 4. The average molecular weight is 344 g/mol. The first-order valence-corrected chi connectivity index (χ1v) is 6.27. The summed E-state index contributed by atoms with van der Waals surface area (Å²) in [6.07, 6.45) is 0. The van der Waals surface area contributed by atoms with Crippen LogP contribution in [0.15, 0.2) is 40.9 Å². The summed E-state index contributed by atoms with van der Waals surface area (Å²) >= 11 is 3.17. The molecule has 0 aliphatic heterocycles. The Kier molecular flexibility index (Phi) is 4.29. The summed E-state index contributed by atoms with van der Waals surface area (Å²) in [6, 6.07) is 7.23. The quantitative estimate of drug-likeness (QED) is 0.617. The van der Waals surface area contributed by atoms with Gasteiger partial charge in [0.1, 0.15) is 12.4 Å². The molecule has 0 aromatic heterocycles. The molecule has 0 N–H and O–H groups in total. The van der Waals surface area contributed by atoms with Gasteiger partial charge in [0, 0.05) is 10.5 Å². The number of non-ortho nitro benzene ring substituents is 1. The third kappa shape index (κ3) is 3.51. The van der Waals surface area contributed by atoms with Gasteiger partial charge in [0.05, 0.1) is 11.0 Å². The second-order valence-corrected chi connectivity index (χ2v) is 4.85. The molecule has 0 aliphatic rings. The van der Waals surface area contributed by atoms with Gasteiger partial charge in [-0.2, -0.15) is 0 Å². The second-order valence-electron chi connectivity index (χ2n) is 3.94. The number of hydrogen-bond acceptors (Lipinski definition) is 3. The Labute approximate surface area is 121 Å². The van der Waals surface area contributed by atoms with Gasteiger partial charge in [0.2, 0.25) is 0 Å². The van der Waals surface area contributed by atoms with Crippen molar-refractivity contribution in [3.8, 4) is 5.75 Å². The molecule has 104 valence electrons. The zero-order valence-corrected chi connectivity index (χ0v) is 11.6. The number of hydrogen-bond donors (Lipinski definition) is 0. The molecular weight excluding hydrogens is 336 g/mol. The molecule has 0 spiro atoms. The molecular formula is C13H8BrF2NO3. The fraction of sp³-hybridized carbons (Fsp3) is 0.0769. The van der Waals surface area contributed by atoms with Crippen LogP contribution in [0.5, 0.6) is 5.75 Å². The lowest BCUT2D eigenvalue weighted by molar-refractivity contribution is -0.385. The summed E-state index contributed by atoms with van der Waals surface area (Å²) in [5.74, 6) is -1.34. The maximum atomic E-state index is 13.4. The lowest BCUT2D eigenvalue weighted by Gasteiger charge is -2.08. The van der Waals surface area contributed by atoms with Crippen LogP contribution in [-0.4, -0.2) is 4.92 Å². The van der Waals surface area contributed by atoms with Gasteiger partial charge in [-0.1, -0.05) is 15.9 Å². The summed E-state index contributed by atoms with van der Waals surface area (Å²) in [6.45, 7) is -0.175. The van der Waals surface area contributed by atoms with Gasteiger partial charge in [0.25, 0.3) is 5.69 Å².